The molecule has 94 valence electrons. The van der Waals surface area contributed by atoms with Gasteiger partial charge in [-0.1, -0.05) is 0 Å². The topological polar surface area (TPSA) is 62.7 Å². The molecule has 0 spiro atoms. The summed E-state index contributed by atoms with van der Waals surface area (Å²) >= 11 is 0. The first-order valence-electron chi connectivity index (χ1n) is 6.05. The molecule has 1 saturated heterocycles. The quantitative estimate of drug-likeness (QED) is 0.822. The molecule has 0 saturated carbocycles. The van der Waals surface area contributed by atoms with Crippen molar-refractivity contribution in [1.29, 1.82) is 0 Å². The Morgan fingerprint density at radius 1 is 1.35 bits per heavy atom. The summed E-state index contributed by atoms with van der Waals surface area (Å²) in [6, 6.07) is 1.71. The van der Waals surface area contributed by atoms with Gasteiger partial charge in [-0.3, -0.25) is 9.69 Å². The van der Waals surface area contributed by atoms with Crippen LogP contribution in [-0.2, 0) is 0 Å². The summed E-state index contributed by atoms with van der Waals surface area (Å²) in [7, 11) is 0. The van der Waals surface area contributed by atoms with Crippen molar-refractivity contribution in [2.45, 2.75) is 6.42 Å². The molecule has 1 fully saturated rings. The summed E-state index contributed by atoms with van der Waals surface area (Å²) in [5, 5.41) is 0. The SMILES string of the molecule is NCCCN1CCN(C(=O)c2ccoc2)CC1. The van der Waals surface area contributed by atoms with Crippen molar-refractivity contribution in [2.75, 3.05) is 39.3 Å². The minimum Gasteiger partial charge on any atom is -0.472 e. The number of carbonyl (C=O) groups excluding carboxylic acids is 1. The molecule has 0 aliphatic carbocycles. The van der Waals surface area contributed by atoms with Gasteiger partial charge in [0.2, 0.25) is 0 Å². The zero-order valence-electron chi connectivity index (χ0n) is 9.97. The maximum Gasteiger partial charge on any atom is 0.257 e. The summed E-state index contributed by atoms with van der Waals surface area (Å²) in [5.41, 5.74) is 6.12. The van der Waals surface area contributed by atoms with Crippen molar-refractivity contribution >= 4 is 5.91 Å². The van der Waals surface area contributed by atoms with Gasteiger partial charge in [0.05, 0.1) is 11.8 Å². The van der Waals surface area contributed by atoms with Crippen LogP contribution in [0.1, 0.15) is 16.8 Å². The zero-order chi connectivity index (χ0) is 12.1. The lowest BCUT2D eigenvalue weighted by molar-refractivity contribution is 0.0636. The van der Waals surface area contributed by atoms with Gasteiger partial charge in [-0.05, 0) is 25.6 Å². The number of rotatable bonds is 4. The molecule has 0 aromatic carbocycles. The van der Waals surface area contributed by atoms with E-state index in [4.69, 9.17) is 10.2 Å². The van der Waals surface area contributed by atoms with Crippen molar-refractivity contribution in [2.24, 2.45) is 5.73 Å². The number of hydrogen-bond acceptors (Lipinski definition) is 4. The Morgan fingerprint density at radius 2 is 2.12 bits per heavy atom. The fourth-order valence-corrected chi connectivity index (χ4v) is 2.06. The van der Waals surface area contributed by atoms with Gasteiger partial charge in [0, 0.05) is 26.2 Å². The first-order valence-corrected chi connectivity index (χ1v) is 6.05. The Bertz CT molecular complexity index is 343. The Kier molecular flexibility index (Phi) is 4.17. The normalized spacial score (nSPS) is 17.4. The second-order valence-electron chi connectivity index (χ2n) is 4.29. The first kappa shape index (κ1) is 12.1. The third-order valence-corrected chi connectivity index (χ3v) is 3.11. The molecule has 2 rings (SSSR count). The number of nitrogens with two attached hydrogens (primary N) is 1. The summed E-state index contributed by atoms with van der Waals surface area (Å²) in [6.07, 6.45) is 4.06. The van der Waals surface area contributed by atoms with Crippen molar-refractivity contribution in [3.05, 3.63) is 24.2 Å². The van der Waals surface area contributed by atoms with Crippen LogP contribution in [0.15, 0.2) is 23.0 Å². The highest BCUT2D eigenvalue weighted by Crippen LogP contribution is 2.09. The lowest BCUT2D eigenvalue weighted by Gasteiger charge is -2.34. The van der Waals surface area contributed by atoms with Gasteiger partial charge in [0.15, 0.2) is 0 Å². The highest BCUT2D eigenvalue weighted by atomic mass is 16.3. The monoisotopic (exact) mass is 237 g/mol. The smallest absolute Gasteiger partial charge is 0.257 e. The Hall–Kier alpha value is -1.33. The van der Waals surface area contributed by atoms with Crippen molar-refractivity contribution < 1.29 is 9.21 Å². The maximum absolute atomic E-state index is 12.0. The third-order valence-electron chi connectivity index (χ3n) is 3.11. The van der Waals surface area contributed by atoms with Gasteiger partial charge in [0.25, 0.3) is 5.91 Å². The van der Waals surface area contributed by atoms with Gasteiger partial charge in [-0.2, -0.15) is 0 Å². The van der Waals surface area contributed by atoms with Crippen molar-refractivity contribution in [3.63, 3.8) is 0 Å². The van der Waals surface area contributed by atoms with Crippen LogP contribution in [0, 0.1) is 0 Å². The molecule has 2 N–H and O–H groups in total. The minimum absolute atomic E-state index is 0.0669. The number of furan rings is 1. The van der Waals surface area contributed by atoms with E-state index in [2.05, 4.69) is 4.90 Å². The molecule has 0 unspecified atom stereocenters. The van der Waals surface area contributed by atoms with Crippen molar-refractivity contribution in [1.82, 2.24) is 9.80 Å². The molecule has 1 aromatic rings. The minimum atomic E-state index is 0.0669. The number of piperazine rings is 1. The molecule has 17 heavy (non-hydrogen) atoms. The van der Waals surface area contributed by atoms with E-state index in [-0.39, 0.29) is 5.91 Å². The van der Waals surface area contributed by atoms with Crippen LogP contribution in [0.3, 0.4) is 0 Å². The molecule has 1 aromatic heterocycles. The van der Waals surface area contributed by atoms with E-state index in [0.29, 0.717) is 5.56 Å². The van der Waals surface area contributed by atoms with Gasteiger partial charge >= 0.3 is 0 Å². The Balaban J connectivity index is 1.81. The van der Waals surface area contributed by atoms with Crippen LogP contribution in [-0.4, -0.2) is 55.0 Å². The maximum atomic E-state index is 12.0. The highest BCUT2D eigenvalue weighted by molar-refractivity contribution is 5.93. The lowest BCUT2D eigenvalue weighted by Crippen LogP contribution is -2.48. The molecule has 1 aliphatic rings. The Labute approximate surface area is 101 Å². The van der Waals surface area contributed by atoms with E-state index in [9.17, 15) is 4.79 Å². The molecule has 5 nitrogen and oxygen atoms in total. The van der Waals surface area contributed by atoms with E-state index in [1.165, 1.54) is 12.5 Å². The molecular formula is C12H19N3O2. The molecule has 1 amide bonds. The molecule has 1 aliphatic heterocycles. The van der Waals surface area contributed by atoms with Crippen LogP contribution in [0.4, 0.5) is 0 Å². The summed E-state index contributed by atoms with van der Waals surface area (Å²) in [4.78, 5) is 16.2. The average molecular weight is 237 g/mol. The van der Waals surface area contributed by atoms with Gasteiger partial charge < -0.3 is 15.1 Å². The molecule has 0 bridgehead atoms. The van der Waals surface area contributed by atoms with E-state index in [0.717, 1.165) is 45.7 Å². The summed E-state index contributed by atoms with van der Waals surface area (Å²) < 4.78 is 4.93. The fourth-order valence-electron chi connectivity index (χ4n) is 2.06. The second-order valence-corrected chi connectivity index (χ2v) is 4.29. The third kappa shape index (κ3) is 3.08. The van der Waals surface area contributed by atoms with Crippen LogP contribution in [0.5, 0.6) is 0 Å². The fraction of sp³-hybridized carbons (Fsp3) is 0.583. The molecule has 0 atom stereocenters. The second kappa shape index (κ2) is 5.84. The zero-order valence-corrected chi connectivity index (χ0v) is 9.97. The Morgan fingerprint density at radius 3 is 2.71 bits per heavy atom. The highest BCUT2D eigenvalue weighted by Gasteiger charge is 2.22. The number of carbonyl (C=O) groups is 1. The van der Waals surface area contributed by atoms with Gasteiger partial charge in [-0.15, -0.1) is 0 Å². The van der Waals surface area contributed by atoms with Gasteiger partial charge in [-0.25, -0.2) is 0 Å². The number of amides is 1. The molecule has 2 heterocycles. The molecule has 0 radical (unpaired) electrons. The van der Waals surface area contributed by atoms with Crippen LogP contribution in [0.2, 0.25) is 0 Å². The predicted octanol–water partition coefficient (Wildman–Crippen LogP) is 0.386. The first-order chi connectivity index (χ1) is 8.31. The summed E-state index contributed by atoms with van der Waals surface area (Å²) in [6.45, 7) is 5.20. The van der Waals surface area contributed by atoms with Crippen LogP contribution in [0.25, 0.3) is 0 Å². The van der Waals surface area contributed by atoms with Gasteiger partial charge in [0.1, 0.15) is 6.26 Å². The largest absolute Gasteiger partial charge is 0.472 e. The van der Waals surface area contributed by atoms with Crippen molar-refractivity contribution in [3.8, 4) is 0 Å². The number of nitrogens with zero attached hydrogens (tertiary/aromatic N) is 2. The van der Waals surface area contributed by atoms with E-state index in [1.807, 2.05) is 4.90 Å². The number of hydrogen-bond donors (Lipinski definition) is 1. The summed E-state index contributed by atoms with van der Waals surface area (Å²) in [5.74, 6) is 0.0669. The van der Waals surface area contributed by atoms with E-state index >= 15 is 0 Å². The van der Waals surface area contributed by atoms with E-state index in [1.54, 1.807) is 6.07 Å². The standard InChI is InChI=1S/C12H19N3O2/c13-3-1-4-14-5-7-15(8-6-14)12(16)11-2-9-17-10-11/h2,9-10H,1,3-8,13H2. The molecule has 5 heteroatoms. The predicted molar refractivity (Wildman–Crippen MR) is 64.7 cm³/mol. The van der Waals surface area contributed by atoms with Crippen LogP contribution >= 0.6 is 0 Å². The average Bonchev–Trinajstić information content (AvgIpc) is 2.90. The lowest BCUT2D eigenvalue weighted by atomic mass is 10.2. The van der Waals surface area contributed by atoms with Crippen LogP contribution < -0.4 is 5.73 Å². The van der Waals surface area contributed by atoms with E-state index < -0.39 is 0 Å². The molecular weight excluding hydrogens is 218 g/mol.